The van der Waals surface area contributed by atoms with Crippen LogP contribution in [0.5, 0.6) is 23.0 Å². The number of halogens is 2. The number of rotatable bonds is 10. The zero-order valence-electron chi connectivity index (χ0n) is 19.4. The molecule has 0 aromatic heterocycles. The number of hydrogen-bond acceptors (Lipinski definition) is 8. The lowest BCUT2D eigenvalue weighted by Gasteiger charge is -2.13. The fraction of sp³-hybridized carbons (Fsp3) is 0.167. The number of nitrogens with zero attached hydrogens (tertiary/aromatic N) is 1. The van der Waals surface area contributed by atoms with Crippen molar-refractivity contribution in [2.75, 3.05) is 20.8 Å². The van der Waals surface area contributed by atoms with Crippen molar-refractivity contribution in [3.63, 3.8) is 0 Å². The van der Waals surface area contributed by atoms with Crippen LogP contribution in [0.4, 0.5) is 0 Å². The van der Waals surface area contributed by atoms with Gasteiger partial charge in [0.15, 0.2) is 23.0 Å². The summed E-state index contributed by atoms with van der Waals surface area (Å²) >= 11 is 7.76. The van der Waals surface area contributed by atoms with Crippen LogP contribution in [0, 0.1) is 3.57 Å². The summed E-state index contributed by atoms with van der Waals surface area (Å²) in [6, 6.07) is 13.6. The highest BCUT2D eigenvalue weighted by atomic mass is 127. The molecule has 0 spiro atoms. The zero-order chi connectivity index (χ0) is 26.3. The Morgan fingerprint density at radius 2 is 1.72 bits per heavy atom. The summed E-state index contributed by atoms with van der Waals surface area (Å²) in [6.45, 7) is 2.31. The quantitative estimate of drug-likeness (QED) is 0.145. The summed E-state index contributed by atoms with van der Waals surface area (Å²) in [5.41, 5.74) is 3.31. The number of benzene rings is 3. The number of nitrogens with one attached hydrogen (secondary N) is 1. The van der Waals surface area contributed by atoms with Crippen LogP contribution in [0.15, 0.2) is 64.6 Å². The number of carbonyl (C=O) groups excluding carboxylic acids is 1. The van der Waals surface area contributed by atoms with Crippen molar-refractivity contribution in [3.05, 3.63) is 74.3 Å². The van der Waals surface area contributed by atoms with Crippen molar-refractivity contribution >= 4 is 56.4 Å². The minimum absolute atomic E-state index is 0.0238. The van der Waals surface area contributed by atoms with Gasteiger partial charge in [0.25, 0.3) is 5.91 Å². The monoisotopic (exact) mass is 644 g/mol. The van der Waals surface area contributed by atoms with Gasteiger partial charge in [0.2, 0.25) is 0 Å². The van der Waals surface area contributed by atoms with Gasteiger partial charge in [-0.1, -0.05) is 11.6 Å². The highest BCUT2D eigenvalue weighted by Gasteiger charge is 2.22. The predicted molar refractivity (Wildman–Crippen MR) is 144 cm³/mol. The van der Waals surface area contributed by atoms with Crippen LogP contribution in [0.25, 0.3) is 0 Å². The van der Waals surface area contributed by atoms with Gasteiger partial charge in [-0.15, -0.1) is 0 Å². The Bertz CT molecular complexity index is 1380. The third kappa shape index (κ3) is 6.80. The summed E-state index contributed by atoms with van der Waals surface area (Å²) in [7, 11) is -1.25. The second-order valence-electron chi connectivity index (χ2n) is 7.02. The highest BCUT2D eigenvalue weighted by molar-refractivity contribution is 14.1. The first-order valence-corrected chi connectivity index (χ1v) is 13.3. The summed E-state index contributed by atoms with van der Waals surface area (Å²) < 4.78 is 47.2. The number of ether oxygens (including phenoxy) is 3. The number of amides is 1. The van der Waals surface area contributed by atoms with Gasteiger partial charge in [-0.3, -0.25) is 4.79 Å². The molecule has 0 unspecified atom stereocenters. The Morgan fingerprint density at radius 3 is 2.36 bits per heavy atom. The molecule has 190 valence electrons. The molecule has 0 aliphatic heterocycles. The molecule has 0 saturated carbocycles. The van der Waals surface area contributed by atoms with E-state index in [-0.39, 0.29) is 16.4 Å². The fourth-order valence-corrected chi connectivity index (χ4v) is 4.94. The molecule has 3 aromatic carbocycles. The van der Waals surface area contributed by atoms with E-state index in [0.717, 1.165) is 0 Å². The SMILES string of the molecule is CCOc1ccc(C(=O)N/N=C/c2cc(I)c(OS(=O)(=O)c3ccc(Cl)cc3)c(OC)c2)cc1OC. The van der Waals surface area contributed by atoms with Crippen LogP contribution in [0.1, 0.15) is 22.8 Å². The molecular weight excluding hydrogens is 623 g/mol. The number of hydrogen-bond donors (Lipinski definition) is 1. The smallest absolute Gasteiger partial charge is 0.339 e. The molecule has 0 bridgehead atoms. The topological polar surface area (TPSA) is 113 Å². The molecule has 1 amide bonds. The maximum absolute atomic E-state index is 12.7. The van der Waals surface area contributed by atoms with E-state index >= 15 is 0 Å². The molecule has 0 aliphatic carbocycles. The van der Waals surface area contributed by atoms with E-state index in [9.17, 15) is 13.2 Å². The average Bonchev–Trinajstić information content (AvgIpc) is 2.86. The van der Waals surface area contributed by atoms with Gasteiger partial charge in [-0.25, -0.2) is 5.43 Å². The third-order valence-corrected chi connectivity index (χ3v) is 6.94. The van der Waals surface area contributed by atoms with Gasteiger partial charge >= 0.3 is 10.1 Å². The summed E-state index contributed by atoms with van der Waals surface area (Å²) in [5.74, 6) is 0.696. The van der Waals surface area contributed by atoms with E-state index in [1.54, 1.807) is 24.3 Å². The molecule has 0 atom stereocenters. The second kappa shape index (κ2) is 12.3. The minimum atomic E-state index is -4.12. The first-order valence-electron chi connectivity index (χ1n) is 10.4. The lowest BCUT2D eigenvalue weighted by atomic mass is 10.2. The Hall–Kier alpha value is -3.03. The normalized spacial score (nSPS) is 11.2. The van der Waals surface area contributed by atoms with Crippen LogP contribution in [-0.2, 0) is 10.1 Å². The van der Waals surface area contributed by atoms with Crippen LogP contribution in [0.2, 0.25) is 5.02 Å². The Kier molecular flexibility index (Phi) is 9.40. The molecule has 12 heteroatoms. The van der Waals surface area contributed by atoms with Crippen molar-refractivity contribution in [1.82, 2.24) is 5.43 Å². The minimum Gasteiger partial charge on any atom is -0.493 e. The van der Waals surface area contributed by atoms with Crippen molar-refractivity contribution in [2.24, 2.45) is 5.10 Å². The van der Waals surface area contributed by atoms with Crippen LogP contribution >= 0.6 is 34.2 Å². The molecular formula is C24H22ClIN2O7S. The molecule has 1 N–H and O–H groups in total. The largest absolute Gasteiger partial charge is 0.493 e. The van der Waals surface area contributed by atoms with Crippen LogP contribution in [-0.4, -0.2) is 41.4 Å². The van der Waals surface area contributed by atoms with Crippen molar-refractivity contribution in [3.8, 4) is 23.0 Å². The predicted octanol–water partition coefficient (Wildman–Crippen LogP) is 4.89. The molecule has 0 heterocycles. The Labute approximate surface area is 227 Å². The van der Waals surface area contributed by atoms with Gasteiger partial charge in [0.1, 0.15) is 4.90 Å². The highest BCUT2D eigenvalue weighted by Crippen LogP contribution is 2.36. The Morgan fingerprint density at radius 1 is 1.03 bits per heavy atom. The van der Waals surface area contributed by atoms with Gasteiger partial charge in [0, 0.05) is 10.6 Å². The van der Waals surface area contributed by atoms with Crippen molar-refractivity contribution in [1.29, 1.82) is 0 Å². The fourth-order valence-electron chi connectivity index (χ4n) is 2.97. The first kappa shape index (κ1) is 27.6. The van der Waals surface area contributed by atoms with E-state index < -0.39 is 16.0 Å². The first-order chi connectivity index (χ1) is 17.2. The van der Waals surface area contributed by atoms with E-state index in [2.05, 4.69) is 10.5 Å². The maximum Gasteiger partial charge on any atom is 0.339 e. The Balaban J connectivity index is 1.76. The van der Waals surface area contributed by atoms with Crippen molar-refractivity contribution < 1.29 is 31.6 Å². The summed E-state index contributed by atoms with van der Waals surface area (Å²) in [5, 5.41) is 4.38. The molecule has 36 heavy (non-hydrogen) atoms. The van der Waals surface area contributed by atoms with Crippen molar-refractivity contribution in [2.45, 2.75) is 11.8 Å². The molecule has 3 rings (SSSR count). The van der Waals surface area contributed by atoms with Gasteiger partial charge in [-0.2, -0.15) is 13.5 Å². The van der Waals surface area contributed by atoms with Gasteiger partial charge in [0.05, 0.1) is 30.6 Å². The average molecular weight is 645 g/mol. The number of methoxy groups -OCH3 is 2. The molecule has 0 aliphatic rings. The molecule has 0 fully saturated rings. The standard InChI is InChI=1S/C24H22ClIN2O7S/c1-4-34-20-10-5-16(13-21(20)32-2)24(29)28-27-14-15-11-19(26)23(22(12-15)33-3)35-36(30,31)18-8-6-17(25)7-9-18/h5-14H,4H2,1-3H3,(H,28,29)/b27-14+. The number of hydrazone groups is 1. The van der Waals surface area contributed by atoms with E-state index in [4.69, 9.17) is 30.0 Å². The summed E-state index contributed by atoms with van der Waals surface area (Å²) in [6.07, 6.45) is 1.39. The lowest BCUT2D eigenvalue weighted by Crippen LogP contribution is -2.17. The van der Waals surface area contributed by atoms with Crippen LogP contribution in [0.3, 0.4) is 0 Å². The van der Waals surface area contributed by atoms with E-state index in [0.29, 0.717) is 37.8 Å². The van der Waals surface area contributed by atoms with Gasteiger partial charge < -0.3 is 18.4 Å². The molecule has 3 aromatic rings. The molecule has 0 saturated heterocycles. The van der Waals surface area contributed by atoms with E-state index in [1.165, 1.54) is 50.8 Å². The van der Waals surface area contributed by atoms with Gasteiger partial charge in [-0.05, 0) is 89.7 Å². The summed E-state index contributed by atoms with van der Waals surface area (Å²) in [4.78, 5) is 12.4. The molecule has 9 nitrogen and oxygen atoms in total. The second-order valence-corrected chi connectivity index (χ2v) is 10.2. The maximum atomic E-state index is 12.7. The lowest BCUT2D eigenvalue weighted by molar-refractivity contribution is 0.0954. The number of carbonyl (C=O) groups is 1. The molecule has 0 radical (unpaired) electrons. The third-order valence-electron chi connectivity index (χ3n) is 4.65. The zero-order valence-corrected chi connectivity index (χ0v) is 23.2. The van der Waals surface area contributed by atoms with E-state index in [1.807, 2.05) is 29.5 Å². The van der Waals surface area contributed by atoms with Crippen LogP contribution < -0.4 is 23.8 Å².